The molecule has 1 N–H and O–H groups in total. The Balaban J connectivity index is 2.98. The van der Waals surface area contributed by atoms with E-state index in [9.17, 15) is 4.79 Å². The molecule has 0 atom stereocenters. The summed E-state index contributed by atoms with van der Waals surface area (Å²) in [6.45, 7) is 3.70. The molecule has 0 saturated carbocycles. The maximum atomic E-state index is 11.3. The van der Waals surface area contributed by atoms with Gasteiger partial charge >= 0.3 is 5.69 Å². The number of fused-ring (bicyclic) bond motifs is 1. The van der Waals surface area contributed by atoms with Gasteiger partial charge in [0.25, 0.3) is 0 Å². The summed E-state index contributed by atoms with van der Waals surface area (Å²) in [7, 11) is 0. The van der Waals surface area contributed by atoms with Gasteiger partial charge in [-0.25, -0.2) is 9.78 Å². The van der Waals surface area contributed by atoms with Crippen LogP contribution in [-0.4, -0.2) is 14.4 Å². The maximum Gasteiger partial charge on any atom is 0.332 e. The van der Waals surface area contributed by atoms with E-state index in [-0.39, 0.29) is 5.69 Å². The molecule has 0 aromatic carbocycles. The van der Waals surface area contributed by atoms with Gasteiger partial charge in [-0.1, -0.05) is 0 Å². The number of H-pyrrole nitrogens is 1. The van der Waals surface area contributed by atoms with Gasteiger partial charge in [0.15, 0.2) is 0 Å². The number of aromatic amines is 1. The number of hydrogen-bond donors (Lipinski definition) is 1. The van der Waals surface area contributed by atoms with Crippen molar-refractivity contribution in [2.45, 2.75) is 13.8 Å². The molecule has 2 heterocycles. The monoisotopic (exact) mass is 163 g/mol. The van der Waals surface area contributed by atoms with Gasteiger partial charge in [0.05, 0.1) is 0 Å². The molecule has 2 aromatic heterocycles. The number of rotatable bonds is 0. The Morgan fingerprint density at radius 1 is 1.50 bits per heavy atom. The molecule has 4 nitrogen and oxygen atoms in total. The van der Waals surface area contributed by atoms with Gasteiger partial charge < -0.3 is 0 Å². The van der Waals surface area contributed by atoms with E-state index in [1.165, 1.54) is 4.40 Å². The highest BCUT2D eigenvalue weighted by atomic mass is 16.1. The fraction of sp³-hybridized carbons (Fsp3) is 0.250. The largest absolute Gasteiger partial charge is 0.332 e. The van der Waals surface area contributed by atoms with E-state index in [4.69, 9.17) is 0 Å². The molecule has 12 heavy (non-hydrogen) atoms. The molecule has 2 rings (SSSR count). The van der Waals surface area contributed by atoms with Crippen LogP contribution >= 0.6 is 0 Å². The third-order valence-electron chi connectivity index (χ3n) is 1.73. The molecular formula is C8H9N3O. The Morgan fingerprint density at radius 2 is 2.25 bits per heavy atom. The lowest BCUT2D eigenvalue weighted by Gasteiger charge is -1.93. The summed E-state index contributed by atoms with van der Waals surface area (Å²) in [5.41, 5.74) is 1.61. The van der Waals surface area contributed by atoms with Crippen LogP contribution < -0.4 is 5.69 Å². The lowest BCUT2D eigenvalue weighted by Crippen LogP contribution is -2.17. The molecule has 2 aromatic rings. The Morgan fingerprint density at radius 3 is 3.00 bits per heavy atom. The SMILES string of the molecule is Cc1cc2nc(C)[nH]c(=O)n2c1. The number of aromatic nitrogens is 3. The molecule has 0 bridgehead atoms. The van der Waals surface area contributed by atoms with E-state index in [0.717, 1.165) is 5.56 Å². The number of nitrogens with one attached hydrogen (secondary N) is 1. The summed E-state index contributed by atoms with van der Waals surface area (Å²) in [6, 6.07) is 1.88. The van der Waals surface area contributed by atoms with Crippen LogP contribution in [-0.2, 0) is 0 Å². The first-order valence-corrected chi connectivity index (χ1v) is 3.72. The van der Waals surface area contributed by atoms with Crippen molar-refractivity contribution in [3.8, 4) is 0 Å². The van der Waals surface area contributed by atoms with E-state index in [1.54, 1.807) is 13.1 Å². The predicted octanol–water partition coefficient (Wildman–Crippen LogP) is 0.639. The van der Waals surface area contributed by atoms with Gasteiger partial charge in [-0.05, 0) is 25.5 Å². The highest BCUT2D eigenvalue weighted by molar-refractivity contribution is 5.41. The quantitative estimate of drug-likeness (QED) is 0.619. The highest BCUT2D eigenvalue weighted by Crippen LogP contribution is 2.02. The van der Waals surface area contributed by atoms with Crippen molar-refractivity contribution < 1.29 is 0 Å². The van der Waals surface area contributed by atoms with Gasteiger partial charge in [0.1, 0.15) is 11.5 Å². The van der Waals surface area contributed by atoms with Crippen molar-refractivity contribution in [2.24, 2.45) is 0 Å². The van der Waals surface area contributed by atoms with Crippen LogP contribution in [0, 0.1) is 13.8 Å². The first-order chi connectivity index (χ1) is 5.66. The second-order valence-electron chi connectivity index (χ2n) is 2.87. The van der Waals surface area contributed by atoms with Crippen molar-refractivity contribution in [2.75, 3.05) is 0 Å². The van der Waals surface area contributed by atoms with Crippen LogP contribution in [0.2, 0.25) is 0 Å². The summed E-state index contributed by atoms with van der Waals surface area (Å²) >= 11 is 0. The molecule has 0 unspecified atom stereocenters. The van der Waals surface area contributed by atoms with Crippen LogP contribution in [0.15, 0.2) is 17.1 Å². The van der Waals surface area contributed by atoms with Crippen LogP contribution in [0.25, 0.3) is 5.65 Å². The van der Waals surface area contributed by atoms with E-state index in [0.29, 0.717) is 11.5 Å². The molecule has 0 aliphatic rings. The fourth-order valence-corrected chi connectivity index (χ4v) is 1.24. The van der Waals surface area contributed by atoms with Crippen molar-refractivity contribution >= 4 is 5.65 Å². The number of hydrogen-bond acceptors (Lipinski definition) is 2. The number of nitrogens with zero attached hydrogens (tertiary/aromatic N) is 2. The molecule has 0 aliphatic carbocycles. The Hall–Kier alpha value is -1.58. The van der Waals surface area contributed by atoms with Crippen LogP contribution in [0.3, 0.4) is 0 Å². The van der Waals surface area contributed by atoms with Crippen molar-refractivity contribution in [1.29, 1.82) is 0 Å². The zero-order valence-corrected chi connectivity index (χ0v) is 6.96. The predicted molar refractivity (Wildman–Crippen MR) is 45.3 cm³/mol. The molecule has 0 amide bonds. The van der Waals surface area contributed by atoms with Crippen LogP contribution in [0.4, 0.5) is 0 Å². The minimum Gasteiger partial charge on any atom is -0.295 e. The Bertz CT molecular complexity index is 480. The Labute approximate surface area is 68.9 Å². The summed E-state index contributed by atoms with van der Waals surface area (Å²) in [5, 5.41) is 0. The molecule has 0 spiro atoms. The average Bonchev–Trinajstić information content (AvgIpc) is 2.29. The third-order valence-corrected chi connectivity index (χ3v) is 1.73. The Kier molecular flexibility index (Phi) is 1.30. The smallest absolute Gasteiger partial charge is 0.295 e. The number of aryl methyl sites for hydroxylation is 2. The summed E-state index contributed by atoms with van der Waals surface area (Å²) in [5.74, 6) is 0.644. The van der Waals surface area contributed by atoms with Crippen LogP contribution in [0.1, 0.15) is 11.4 Å². The molecule has 0 aliphatic heterocycles. The zero-order valence-electron chi connectivity index (χ0n) is 6.96. The summed E-state index contributed by atoms with van der Waals surface area (Å²) < 4.78 is 1.50. The minimum absolute atomic E-state index is 0.134. The van der Waals surface area contributed by atoms with Gasteiger partial charge in [-0.3, -0.25) is 9.38 Å². The van der Waals surface area contributed by atoms with Gasteiger partial charge in [0, 0.05) is 6.20 Å². The topological polar surface area (TPSA) is 50.2 Å². The van der Waals surface area contributed by atoms with E-state index in [2.05, 4.69) is 9.97 Å². The van der Waals surface area contributed by atoms with Gasteiger partial charge in [-0.15, -0.1) is 0 Å². The fourth-order valence-electron chi connectivity index (χ4n) is 1.24. The highest BCUT2D eigenvalue weighted by Gasteiger charge is 2.00. The standard InChI is InChI=1S/C8H9N3O/c1-5-3-7-9-6(2)10-8(12)11(7)4-5/h3-4H,1-2H3,(H,9,10,12). The lowest BCUT2D eigenvalue weighted by atomic mass is 10.4. The molecule has 0 saturated heterocycles. The van der Waals surface area contributed by atoms with Crippen molar-refractivity contribution in [3.05, 3.63) is 34.1 Å². The summed E-state index contributed by atoms with van der Waals surface area (Å²) in [4.78, 5) is 18.1. The van der Waals surface area contributed by atoms with E-state index >= 15 is 0 Å². The molecule has 62 valence electrons. The van der Waals surface area contributed by atoms with Crippen molar-refractivity contribution in [1.82, 2.24) is 14.4 Å². The molecule has 0 fully saturated rings. The molecular weight excluding hydrogens is 154 g/mol. The first-order valence-electron chi connectivity index (χ1n) is 3.72. The lowest BCUT2D eigenvalue weighted by molar-refractivity contribution is 0.910. The van der Waals surface area contributed by atoms with Gasteiger partial charge in [0.2, 0.25) is 0 Å². The molecule has 4 heteroatoms. The second-order valence-corrected chi connectivity index (χ2v) is 2.87. The van der Waals surface area contributed by atoms with E-state index < -0.39 is 0 Å². The average molecular weight is 163 g/mol. The maximum absolute atomic E-state index is 11.3. The normalized spacial score (nSPS) is 10.8. The second kappa shape index (κ2) is 2.20. The van der Waals surface area contributed by atoms with Crippen molar-refractivity contribution in [3.63, 3.8) is 0 Å². The van der Waals surface area contributed by atoms with E-state index in [1.807, 2.05) is 13.0 Å². The first kappa shape index (κ1) is 7.09. The summed E-state index contributed by atoms with van der Waals surface area (Å²) in [6.07, 6.45) is 1.76. The zero-order chi connectivity index (χ0) is 8.72. The van der Waals surface area contributed by atoms with Crippen LogP contribution in [0.5, 0.6) is 0 Å². The van der Waals surface area contributed by atoms with Gasteiger partial charge in [-0.2, -0.15) is 0 Å². The minimum atomic E-state index is -0.134. The molecule has 0 radical (unpaired) electrons. The third kappa shape index (κ3) is 0.922.